The summed E-state index contributed by atoms with van der Waals surface area (Å²) in [5.41, 5.74) is 7.76. The molecule has 0 aliphatic rings. The Morgan fingerprint density at radius 2 is 0.929 bits per heavy atom. The second-order valence-corrected chi connectivity index (χ2v) is 13.1. The lowest BCUT2D eigenvalue weighted by Crippen LogP contribution is -2.00. The topological polar surface area (TPSA) is 85.2 Å². The molecular formula is C49H35N7. The lowest BCUT2D eigenvalue weighted by molar-refractivity contribution is 0.997. The molecule has 0 spiro atoms. The summed E-state index contributed by atoms with van der Waals surface area (Å²) in [6, 6.07) is 63.8. The molecule has 9 aromatic rings. The maximum atomic E-state index is 4.98. The zero-order chi connectivity index (χ0) is 37.5. The summed E-state index contributed by atoms with van der Waals surface area (Å²) >= 11 is 0. The van der Waals surface area contributed by atoms with E-state index in [4.69, 9.17) is 15.0 Å². The van der Waals surface area contributed by atoms with Crippen LogP contribution in [-0.2, 0) is 0 Å². The van der Waals surface area contributed by atoms with Gasteiger partial charge in [-0.15, -0.1) is 0 Å². The van der Waals surface area contributed by atoms with E-state index < -0.39 is 0 Å². The highest BCUT2D eigenvalue weighted by Crippen LogP contribution is 2.31. The molecule has 2 aromatic heterocycles. The SMILES string of the molecule is c1ccc(-c2ncccc3c4ccccc4ccc3n(-c3cccc(-c4cccc(-c5nc(-c6ccccc6)nc(-c6ccccc6)n5)c4)c3)cc[nH]n2)cc1. The number of nitrogens with zero attached hydrogens (tertiary/aromatic N) is 6. The molecule has 7 heteroatoms. The van der Waals surface area contributed by atoms with Gasteiger partial charge in [-0.05, 0) is 52.2 Å². The molecule has 0 saturated carbocycles. The van der Waals surface area contributed by atoms with Crippen molar-refractivity contribution < 1.29 is 0 Å². The molecule has 0 atom stereocenters. The van der Waals surface area contributed by atoms with E-state index in [0.717, 1.165) is 60.7 Å². The molecular weight excluding hydrogens is 687 g/mol. The minimum Gasteiger partial charge on any atom is -0.315 e. The molecule has 2 heterocycles. The Morgan fingerprint density at radius 3 is 1.62 bits per heavy atom. The maximum Gasteiger partial charge on any atom is 0.179 e. The van der Waals surface area contributed by atoms with Crippen LogP contribution in [0.15, 0.2) is 207 Å². The van der Waals surface area contributed by atoms with Gasteiger partial charge in [-0.2, -0.15) is 5.10 Å². The number of aromatic amines is 1. The fourth-order valence-electron chi connectivity index (χ4n) is 6.80. The molecule has 56 heavy (non-hydrogen) atoms. The second-order valence-electron chi connectivity index (χ2n) is 13.1. The van der Waals surface area contributed by atoms with E-state index >= 15 is 0 Å². The molecule has 0 saturated heterocycles. The zero-order valence-corrected chi connectivity index (χ0v) is 30.3. The minimum absolute atomic E-state index is 0.581. The number of aromatic nitrogens is 7. The number of rotatable bonds is 6. The normalized spacial score (nSPS) is 10.9. The molecule has 0 aliphatic carbocycles. The minimum atomic E-state index is 0.581. The summed E-state index contributed by atoms with van der Waals surface area (Å²) < 4.78 is 2.19. The Bertz CT molecular complexity index is 2860. The Balaban J connectivity index is 1.19. The third kappa shape index (κ3) is 7.25. The van der Waals surface area contributed by atoms with Gasteiger partial charge in [0.15, 0.2) is 23.3 Å². The van der Waals surface area contributed by atoms with Gasteiger partial charge in [0.1, 0.15) is 0 Å². The van der Waals surface area contributed by atoms with Crippen molar-refractivity contribution in [2.45, 2.75) is 0 Å². The first-order chi connectivity index (χ1) is 27.8. The van der Waals surface area contributed by atoms with Gasteiger partial charge in [0, 0.05) is 51.9 Å². The van der Waals surface area contributed by atoms with Crippen LogP contribution in [0.3, 0.4) is 0 Å². The fraction of sp³-hybridized carbons (Fsp3) is 0. The monoisotopic (exact) mass is 721 g/mol. The van der Waals surface area contributed by atoms with Gasteiger partial charge in [-0.25, -0.2) is 19.9 Å². The van der Waals surface area contributed by atoms with Gasteiger partial charge in [-0.1, -0.05) is 158 Å². The smallest absolute Gasteiger partial charge is 0.179 e. The van der Waals surface area contributed by atoms with E-state index in [-0.39, 0.29) is 0 Å². The van der Waals surface area contributed by atoms with Gasteiger partial charge < -0.3 is 4.57 Å². The number of fused-ring (bicyclic) bond motifs is 3. The van der Waals surface area contributed by atoms with E-state index in [2.05, 4.69) is 111 Å². The average Bonchev–Trinajstić information content (AvgIpc) is 3.27. The predicted octanol–water partition coefficient (Wildman–Crippen LogP) is 11.7. The molecule has 7 aromatic carbocycles. The molecule has 0 radical (unpaired) electrons. The number of nitrogens with one attached hydrogen (secondary N) is 1. The molecule has 0 aliphatic heterocycles. The van der Waals surface area contributed by atoms with Gasteiger partial charge in [0.25, 0.3) is 0 Å². The van der Waals surface area contributed by atoms with Gasteiger partial charge in [-0.3, -0.25) is 5.10 Å². The Morgan fingerprint density at radius 1 is 0.393 bits per heavy atom. The van der Waals surface area contributed by atoms with Crippen LogP contribution in [0.1, 0.15) is 0 Å². The lowest BCUT2D eigenvalue weighted by Gasteiger charge is -2.13. The highest BCUT2D eigenvalue weighted by molar-refractivity contribution is 6.06. The molecule has 266 valence electrons. The van der Waals surface area contributed by atoms with Crippen LogP contribution in [0, 0.1) is 0 Å². The Labute approximate surface area is 324 Å². The van der Waals surface area contributed by atoms with Crippen molar-refractivity contribution in [1.29, 1.82) is 0 Å². The van der Waals surface area contributed by atoms with Gasteiger partial charge in [0.2, 0.25) is 0 Å². The first-order valence-electron chi connectivity index (χ1n) is 18.4. The van der Waals surface area contributed by atoms with Crippen molar-refractivity contribution in [3.63, 3.8) is 0 Å². The summed E-state index contributed by atoms with van der Waals surface area (Å²) in [7, 11) is 0. The summed E-state index contributed by atoms with van der Waals surface area (Å²) in [5, 5.41) is 11.1. The summed E-state index contributed by atoms with van der Waals surface area (Å²) in [6.07, 6.45) is 5.64. The van der Waals surface area contributed by atoms with Crippen molar-refractivity contribution >= 4 is 21.7 Å². The van der Waals surface area contributed by atoms with Crippen molar-refractivity contribution in [3.05, 3.63) is 207 Å². The Hall–Kier alpha value is -7.77. The number of benzene rings is 7. The summed E-state index contributed by atoms with van der Waals surface area (Å²) in [4.78, 5) is 19.5. The molecule has 0 fully saturated rings. The van der Waals surface area contributed by atoms with E-state index in [1.807, 2.05) is 109 Å². The fourth-order valence-corrected chi connectivity index (χ4v) is 6.80. The van der Waals surface area contributed by atoms with Crippen LogP contribution >= 0.6 is 0 Å². The molecule has 1 N–H and O–H groups in total. The summed E-state index contributed by atoms with van der Waals surface area (Å²) in [5.74, 6) is 2.45. The third-order valence-electron chi connectivity index (χ3n) is 9.53. The second kappa shape index (κ2) is 15.7. The van der Waals surface area contributed by atoms with Crippen molar-refractivity contribution in [1.82, 2.24) is 34.7 Å². The number of H-pyrrole nitrogens is 1. The van der Waals surface area contributed by atoms with Crippen LogP contribution in [0.5, 0.6) is 0 Å². The van der Waals surface area contributed by atoms with Crippen molar-refractivity contribution in [2.75, 3.05) is 0 Å². The quantitative estimate of drug-likeness (QED) is 0.185. The zero-order valence-electron chi connectivity index (χ0n) is 30.3. The van der Waals surface area contributed by atoms with E-state index in [1.54, 1.807) is 6.20 Å². The van der Waals surface area contributed by atoms with Crippen LogP contribution in [-0.4, -0.2) is 34.7 Å². The predicted molar refractivity (Wildman–Crippen MR) is 227 cm³/mol. The van der Waals surface area contributed by atoms with E-state index in [0.29, 0.717) is 23.3 Å². The van der Waals surface area contributed by atoms with E-state index in [9.17, 15) is 0 Å². The number of hydrogen-bond donors (Lipinski definition) is 1. The molecule has 9 rings (SSSR count). The molecule has 0 unspecified atom stereocenters. The lowest BCUT2D eigenvalue weighted by atomic mass is 10.0. The van der Waals surface area contributed by atoms with Crippen LogP contribution in [0.2, 0.25) is 0 Å². The van der Waals surface area contributed by atoms with Crippen LogP contribution in [0.4, 0.5) is 0 Å². The van der Waals surface area contributed by atoms with Gasteiger partial charge >= 0.3 is 0 Å². The average molecular weight is 722 g/mol. The standard InChI is InChI=1S/C49H35N7/c1-4-16-36(17-5-1)46-50-30-14-27-44-43-26-11-10-15-35(43)28-29-45(44)56(32-31-51-55-46)42-25-13-23-40(34-42)39-22-12-24-41(33-39)49-53-47(37-18-6-2-7-19-37)52-48(54-49)38-20-8-3-9-21-38/h1-34,51H. The van der Waals surface area contributed by atoms with Crippen LogP contribution < -0.4 is 0 Å². The van der Waals surface area contributed by atoms with Crippen molar-refractivity contribution in [3.8, 4) is 62.4 Å². The first kappa shape index (κ1) is 34.0. The Kier molecular flexibility index (Phi) is 9.53. The summed E-state index contributed by atoms with van der Waals surface area (Å²) in [6.45, 7) is 0. The highest BCUT2D eigenvalue weighted by atomic mass is 15.1. The van der Waals surface area contributed by atoms with Crippen molar-refractivity contribution in [2.24, 2.45) is 0 Å². The van der Waals surface area contributed by atoms with E-state index in [1.165, 1.54) is 0 Å². The maximum absolute atomic E-state index is 4.98. The molecule has 7 nitrogen and oxygen atoms in total. The molecule has 0 bridgehead atoms. The molecule has 0 amide bonds. The first-order valence-corrected chi connectivity index (χ1v) is 18.4. The highest BCUT2D eigenvalue weighted by Gasteiger charge is 2.13. The number of hydrogen-bond acceptors (Lipinski definition) is 5. The third-order valence-corrected chi connectivity index (χ3v) is 9.53. The van der Waals surface area contributed by atoms with Crippen LogP contribution in [0.25, 0.3) is 84.0 Å². The van der Waals surface area contributed by atoms with Gasteiger partial charge in [0.05, 0.1) is 5.52 Å². The largest absolute Gasteiger partial charge is 0.315 e.